The minimum atomic E-state index is -3.52. The van der Waals surface area contributed by atoms with E-state index in [0.717, 1.165) is 11.1 Å². The standard InChI is InChI=1S/C14H16N2O2S/c1-11-6-3-4-8-14(11)19(17,18)16-12(2)13-7-5-9-15-10-13/h3-10,12,16H,1-2H3/t12-/m1/s1. The van der Waals surface area contributed by atoms with Crippen molar-refractivity contribution in [2.24, 2.45) is 0 Å². The first-order valence-corrected chi connectivity index (χ1v) is 7.47. The van der Waals surface area contributed by atoms with Crippen molar-refractivity contribution in [1.82, 2.24) is 9.71 Å². The lowest BCUT2D eigenvalue weighted by Gasteiger charge is -2.15. The normalized spacial score (nSPS) is 13.2. The molecule has 0 saturated heterocycles. The van der Waals surface area contributed by atoms with Crippen LogP contribution in [0.5, 0.6) is 0 Å². The van der Waals surface area contributed by atoms with Crippen LogP contribution >= 0.6 is 0 Å². The number of hydrogen-bond acceptors (Lipinski definition) is 3. The van der Waals surface area contributed by atoms with Crippen molar-refractivity contribution in [1.29, 1.82) is 0 Å². The fraction of sp³-hybridized carbons (Fsp3) is 0.214. The number of hydrogen-bond donors (Lipinski definition) is 1. The molecule has 0 unspecified atom stereocenters. The second-order valence-corrected chi connectivity index (χ2v) is 6.08. The average molecular weight is 276 g/mol. The molecule has 1 N–H and O–H groups in total. The summed E-state index contributed by atoms with van der Waals surface area (Å²) in [4.78, 5) is 4.30. The molecular formula is C14H16N2O2S. The molecule has 4 nitrogen and oxygen atoms in total. The number of rotatable bonds is 4. The highest BCUT2D eigenvalue weighted by Crippen LogP contribution is 2.18. The molecule has 2 aromatic rings. The van der Waals surface area contributed by atoms with E-state index in [1.807, 2.05) is 12.1 Å². The van der Waals surface area contributed by atoms with Gasteiger partial charge in [0.25, 0.3) is 0 Å². The van der Waals surface area contributed by atoms with E-state index in [1.54, 1.807) is 50.5 Å². The second kappa shape index (κ2) is 5.50. The molecule has 1 atom stereocenters. The minimum Gasteiger partial charge on any atom is -0.264 e. The van der Waals surface area contributed by atoms with Gasteiger partial charge in [0.15, 0.2) is 0 Å². The minimum absolute atomic E-state index is 0.311. The lowest BCUT2D eigenvalue weighted by Crippen LogP contribution is -2.27. The molecule has 0 bridgehead atoms. The molecule has 0 spiro atoms. The second-order valence-electron chi connectivity index (χ2n) is 4.39. The van der Waals surface area contributed by atoms with Crippen LogP contribution < -0.4 is 4.72 Å². The molecule has 1 aromatic heterocycles. The Balaban J connectivity index is 2.26. The molecule has 0 radical (unpaired) electrons. The van der Waals surface area contributed by atoms with E-state index in [9.17, 15) is 8.42 Å². The third-order valence-corrected chi connectivity index (χ3v) is 4.60. The van der Waals surface area contributed by atoms with E-state index >= 15 is 0 Å². The Morgan fingerprint density at radius 3 is 2.53 bits per heavy atom. The number of nitrogens with one attached hydrogen (secondary N) is 1. The summed E-state index contributed by atoms with van der Waals surface area (Å²) in [5, 5.41) is 0. The number of benzene rings is 1. The molecule has 5 heteroatoms. The summed E-state index contributed by atoms with van der Waals surface area (Å²) in [7, 11) is -3.52. The molecule has 19 heavy (non-hydrogen) atoms. The summed E-state index contributed by atoms with van der Waals surface area (Å²) in [5.74, 6) is 0. The zero-order valence-electron chi connectivity index (χ0n) is 10.9. The summed E-state index contributed by atoms with van der Waals surface area (Å²) in [6, 6.07) is 10.2. The van der Waals surface area contributed by atoms with Gasteiger partial charge >= 0.3 is 0 Å². The molecule has 100 valence electrons. The van der Waals surface area contributed by atoms with E-state index in [2.05, 4.69) is 9.71 Å². The maximum Gasteiger partial charge on any atom is 0.241 e. The van der Waals surface area contributed by atoms with Gasteiger partial charge in [0, 0.05) is 18.4 Å². The highest BCUT2D eigenvalue weighted by atomic mass is 32.2. The number of sulfonamides is 1. The van der Waals surface area contributed by atoms with Gasteiger partial charge < -0.3 is 0 Å². The molecule has 2 rings (SSSR count). The topological polar surface area (TPSA) is 59.1 Å². The van der Waals surface area contributed by atoms with Crippen molar-refractivity contribution in [3.05, 3.63) is 59.9 Å². The maximum absolute atomic E-state index is 12.3. The maximum atomic E-state index is 12.3. The van der Waals surface area contributed by atoms with Gasteiger partial charge in [-0.1, -0.05) is 24.3 Å². The van der Waals surface area contributed by atoms with Crippen molar-refractivity contribution < 1.29 is 8.42 Å². The predicted molar refractivity (Wildman–Crippen MR) is 74.2 cm³/mol. The van der Waals surface area contributed by atoms with Crippen LogP contribution in [-0.4, -0.2) is 13.4 Å². The van der Waals surface area contributed by atoms with Crippen LogP contribution in [0.2, 0.25) is 0 Å². The van der Waals surface area contributed by atoms with Crippen LogP contribution in [0.15, 0.2) is 53.7 Å². The van der Waals surface area contributed by atoms with Crippen molar-refractivity contribution in [2.75, 3.05) is 0 Å². The van der Waals surface area contributed by atoms with Gasteiger partial charge in [-0.15, -0.1) is 0 Å². The van der Waals surface area contributed by atoms with Gasteiger partial charge in [-0.2, -0.15) is 0 Å². The summed E-state index contributed by atoms with van der Waals surface area (Å²) in [6.45, 7) is 3.58. The van der Waals surface area contributed by atoms with Crippen LogP contribution in [-0.2, 0) is 10.0 Å². The molecule has 0 aliphatic heterocycles. The Bertz CT molecular complexity index is 654. The summed E-state index contributed by atoms with van der Waals surface area (Å²) in [5.41, 5.74) is 1.56. The summed E-state index contributed by atoms with van der Waals surface area (Å²) >= 11 is 0. The fourth-order valence-electron chi connectivity index (χ4n) is 1.85. The lowest BCUT2D eigenvalue weighted by molar-refractivity contribution is 0.566. The largest absolute Gasteiger partial charge is 0.264 e. The first-order valence-electron chi connectivity index (χ1n) is 5.98. The van der Waals surface area contributed by atoms with Gasteiger partial charge in [0.1, 0.15) is 0 Å². The SMILES string of the molecule is Cc1ccccc1S(=O)(=O)N[C@H](C)c1cccnc1. The quantitative estimate of drug-likeness (QED) is 0.933. The van der Waals surface area contributed by atoms with E-state index in [4.69, 9.17) is 0 Å². The van der Waals surface area contributed by atoms with Gasteiger partial charge in [0.2, 0.25) is 10.0 Å². The Kier molecular flexibility index (Phi) is 3.97. The van der Waals surface area contributed by atoms with E-state index in [1.165, 1.54) is 0 Å². The van der Waals surface area contributed by atoms with Crippen LogP contribution in [0, 0.1) is 6.92 Å². The van der Waals surface area contributed by atoms with Crippen LogP contribution in [0.3, 0.4) is 0 Å². The number of nitrogens with zero attached hydrogens (tertiary/aromatic N) is 1. The molecule has 0 fully saturated rings. The van der Waals surface area contributed by atoms with Crippen LogP contribution in [0.25, 0.3) is 0 Å². The van der Waals surface area contributed by atoms with Crippen molar-refractivity contribution in [3.63, 3.8) is 0 Å². The Hall–Kier alpha value is -1.72. The van der Waals surface area contributed by atoms with E-state index < -0.39 is 10.0 Å². The van der Waals surface area contributed by atoms with Gasteiger partial charge in [-0.3, -0.25) is 4.98 Å². The Morgan fingerprint density at radius 1 is 1.16 bits per heavy atom. The van der Waals surface area contributed by atoms with Crippen molar-refractivity contribution in [2.45, 2.75) is 24.8 Å². The molecule has 0 aliphatic carbocycles. The highest BCUT2D eigenvalue weighted by Gasteiger charge is 2.19. The van der Waals surface area contributed by atoms with E-state index in [0.29, 0.717) is 4.90 Å². The highest BCUT2D eigenvalue weighted by molar-refractivity contribution is 7.89. The van der Waals surface area contributed by atoms with Crippen molar-refractivity contribution in [3.8, 4) is 0 Å². The lowest BCUT2D eigenvalue weighted by atomic mass is 10.2. The zero-order valence-corrected chi connectivity index (χ0v) is 11.7. The Labute approximate surface area is 113 Å². The zero-order chi connectivity index (χ0) is 13.9. The first-order chi connectivity index (χ1) is 9.00. The Morgan fingerprint density at radius 2 is 1.89 bits per heavy atom. The third kappa shape index (κ3) is 3.19. The van der Waals surface area contributed by atoms with Gasteiger partial charge in [0.05, 0.1) is 4.90 Å². The van der Waals surface area contributed by atoms with Crippen molar-refractivity contribution >= 4 is 10.0 Å². The number of pyridine rings is 1. The summed E-state index contributed by atoms with van der Waals surface area (Å²) in [6.07, 6.45) is 3.32. The molecule has 0 amide bonds. The summed E-state index contributed by atoms with van der Waals surface area (Å²) < 4.78 is 27.3. The van der Waals surface area contributed by atoms with E-state index in [-0.39, 0.29) is 6.04 Å². The monoisotopic (exact) mass is 276 g/mol. The van der Waals surface area contributed by atoms with Crippen LogP contribution in [0.1, 0.15) is 24.1 Å². The van der Waals surface area contributed by atoms with Gasteiger partial charge in [-0.05, 0) is 37.1 Å². The molecular weight excluding hydrogens is 260 g/mol. The number of aromatic nitrogens is 1. The van der Waals surface area contributed by atoms with Crippen LogP contribution in [0.4, 0.5) is 0 Å². The molecule has 0 saturated carbocycles. The number of aryl methyl sites for hydroxylation is 1. The average Bonchev–Trinajstić information content (AvgIpc) is 2.39. The molecule has 0 aliphatic rings. The predicted octanol–water partition coefficient (Wildman–Crippen LogP) is 2.43. The smallest absolute Gasteiger partial charge is 0.241 e. The fourth-order valence-corrected chi connectivity index (χ4v) is 3.33. The van der Waals surface area contributed by atoms with Gasteiger partial charge in [-0.25, -0.2) is 13.1 Å². The molecule has 1 aromatic carbocycles. The first kappa shape index (κ1) is 13.7. The third-order valence-electron chi connectivity index (χ3n) is 2.90. The molecule has 1 heterocycles.